The lowest BCUT2D eigenvalue weighted by molar-refractivity contribution is -0.138. The van der Waals surface area contributed by atoms with E-state index in [4.69, 9.17) is 4.74 Å². The van der Waals surface area contributed by atoms with E-state index in [-0.39, 0.29) is 17.7 Å². The molecule has 2 aliphatic rings. The maximum absolute atomic E-state index is 13.8. The van der Waals surface area contributed by atoms with Gasteiger partial charge in [-0.05, 0) is 100 Å². The summed E-state index contributed by atoms with van der Waals surface area (Å²) < 4.78 is 35.7. The fourth-order valence-corrected chi connectivity index (χ4v) is 8.38. The Balaban J connectivity index is 1.11. The second-order valence-electron chi connectivity index (χ2n) is 14.5. The highest BCUT2D eigenvalue weighted by Gasteiger charge is 2.35. The molecule has 2 amide bonds. The van der Waals surface area contributed by atoms with E-state index < -0.39 is 21.9 Å². The number of anilines is 1. The number of fused-ring (bicyclic) bond motifs is 1. The Morgan fingerprint density at radius 2 is 1.58 bits per heavy atom. The monoisotopic (exact) mass is 700 g/mol. The highest BCUT2D eigenvalue weighted by molar-refractivity contribution is 7.87. The Labute approximate surface area is 295 Å². The van der Waals surface area contributed by atoms with Gasteiger partial charge in [0.25, 0.3) is 0 Å². The molecule has 0 aliphatic carbocycles. The van der Waals surface area contributed by atoms with Crippen LogP contribution in [0.5, 0.6) is 0 Å². The zero-order valence-corrected chi connectivity index (χ0v) is 30.4. The number of piperidine rings is 2. The molecule has 1 N–H and O–H groups in total. The number of aromatic nitrogens is 2. The number of rotatable bonds is 8. The van der Waals surface area contributed by atoms with Crippen LogP contribution in [-0.2, 0) is 26.3 Å². The van der Waals surface area contributed by atoms with Crippen LogP contribution in [0.2, 0.25) is 0 Å². The molecular weight excluding hydrogens is 653 g/mol. The van der Waals surface area contributed by atoms with Crippen molar-refractivity contribution in [1.29, 1.82) is 0 Å². The summed E-state index contributed by atoms with van der Waals surface area (Å²) in [5, 5.41) is 3.65. The van der Waals surface area contributed by atoms with E-state index >= 15 is 0 Å². The van der Waals surface area contributed by atoms with E-state index in [0.717, 1.165) is 60.8 Å². The quantitative estimate of drug-likeness (QED) is 0.229. The molecule has 0 atom stereocenters. The number of carbonyl (C=O) groups excluding carboxylic acids is 2. The molecule has 0 spiro atoms. The first kappa shape index (κ1) is 35.6. The number of pyridine rings is 1. The van der Waals surface area contributed by atoms with Gasteiger partial charge in [0.15, 0.2) is 0 Å². The second-order valence-corrected chi connectivity index (χ2v) is 16.5. The lowest BCUT2D eigenvalue weighted by Gasteiger charge is -2.37. The minimum Gasteiger partial charge on any atom is -0.444 e. The van der Waals surface area contributed by atoms with E-state index in [0.29, 0.717) is 36.7 Å². The van der Waals surface area contributed by atoms with Crippen LogP contribution < -0.4 is 5.32 Å². The van der Waals surface area contributed by atoms with Gasteiger partial charge in [-0.25, -0.2) is 13.8 Å². The molecule has 11 nitrogen and oxygen atoms in total. The van der Waals surface area contributed by atoms with E-state index in [1.54, 1.807) is 20.3 Å². The SMILES string of the molecule is CN(C)S(=O)(=O)n1c(-c2ccccc2)c(C2CCN(C(=O)C3CCN(Cc4ccnc(NC(=O)OC(C)(C)C)c4)CC3)CC2)c2ccccc21. The number of carbonyl (C=O) groups is 2. The van der Waals surface area contributed by atoms with Gasteiger partial charge in [0.05, 0.1) is 11.2 Å². The molecule has 0 saturated carbocycles. The topological polar surface area (TPSA) is 117 Å². The van der Waals surface area contributed by atoms with Crippen molar-refractivity contribution in [3.05, 3.63) is 84.1 Å². The number of para-hydroxylation sites is 1. The molecule has 2 aliphatic heterocycles. The zero-order chi connectivity index (χ0) is 35.6. The van der Waals surface area contributed by atoms with Gasteiger partial charge < -0.3 is 9.64 Å². The molecule has 266 valence electrons. The molecule has 4 aromatic rings. The summed E-state index contributed by atoms with van der Waals surface area (Å²) in [7, 11) is -0.692. The highest BCUT2D eigenvalue weighted by atomic mass is 32.2. The molecule has 0 unspecified atom stereocenters. The Bertz CT molecular complexity index is 1940. The Kier molecular flexibility index (Phi) is 10.3. The number of hydrogen-bond acceptors (Lipinski definition) is 7. The van der Waals surface area contributed by atoms with Crippen LogP contribution in [0.4, 0.5) is 10.6 Å². The van der Waals surface area contributed by atoms with Gasteiger partial charge in [-0.3, -0.25) is 15.0 Å². The Morgan fingerprint density at radius 1 is 0.920 bits per heavy atom. The van der Waals surface area contributed by atoms with Crippen molar-refractivity contribution in [2.75, 3.05) is 45.6 Å². The van der Waals surface area contributed by atoms with E-state index in [1.165, 1.54) is 8.28 Å². The third-order valence-electron chi connectivity index (χ3n) is 9.62. The smallest absolute Gasteiger partial charge is 0.413 e. The molecule has 0 radical (unpaired) electrons. The van der Waals surface area contributed by atoms with Gasteiger partial charge in [-0.2, -0.15) is 12.7 Å². The van der Waals surface area contributed by atoms with Gasteiger partial charge in [0.2, 0.25) is 5.91 Å². The van der Waals surface area contributed by atoms with Crippen LogP contribution in [0.15, 0.2) is 72.9 Å². The number of likely N-dealkylation sites (tertiary alicyclic amines) is 2. The van der Waals surface area contributed by atoms with Gasteiger partial charge in [-0.15, -0.1) is 0 Å². The summed E-state index contributed by atoms with van der Waals surface area (Å²) in [6.45, 7) is 9.06. The first-order valence-electron chi connectivity index (χ1n) is 17.4. The summed E-state index contributed by atoms with van der Waals surface area (Å²) >= 11 is 0. The molecule has 2 aromatic carbocycles. The van der Waals surface area contributed by atoms with Gasteiger partial charge >= 0.3 is 16.3 Å². The molecule has 12 heteroatoms. The lowest BCUT2D eigenvalue weighted by Crippen LogP contribution is -2.45. The van der Waals surface area contributed by atoms with Crippen molar-refractivity contribution >= 4 is 38.9 Å². The molecule has 2 saturated heterocycles. The number of nitrogens with one attached hydrogen (secondary N) is 1. The fraction of sp³-hybridized carbons (Fsp3) is 0.447. The van der Waals surface area contributed by atoms with Gasteiger partial charge in [-0.1, -0.05) is 48.5 Å². The number of ether oxygens (including phenoxy) is 1. The third-order valence-corrected chi connectivity index (χ3v) is 11.4. The molecule has 4 heterocycles. The average molecular weight is 701 g/mol. The van der Waals surface area contributed by atoms with Crippen LogP contribution in [0.25, 0.3) is 22.2 Å². The summed E-state index contributed by atoms with van der Waals surface area (Å²) in [5.74, 6) is 0.757. The molecular formula is C38H48N6O5S. The zero-order valence-electron chi connectivity index (χ0n) is 29.6. The van der Waals surface area contributed by atoms with E-state index in [9.17, 15) is 18.0 Å². The van der Waals surface area contributed by atoms with Gasteiger partial charge in [0.1, 0.15) is 11.4 Å². The minimum atomic E-state index is -3.82. The lowest BCUT2D eigenvalue weighted by atomic mass is 9.85. The normalized spacial score (nSPS) is 17.0. The standard InChI is InChI=1S/C38H48N6O5S/c1-38(2,3)49-37(46)40-33-25-27(15-20-39-33)26-42-21-16-30(17-22-42)36(45)43-23-18-28(19-24-43)34-31-13-9-10-14-32(31)44(50(47,48)41(4)5)35(34)29-11-7-6-8-12-29/h6-15,20,25,28,30H,16-19,21-24,26H2,1-5H3,(H,39,40,46). The molecule has 0 bridgehead atoms. The number of benzene rings is 2. The Morgan fingerprint density at radius 3 is 2.24 bits per heavy atom. The van der Waals surface area contributed by atoms with E-state index in [2.05, 4.69) is 15.2 Å². The Hall–Kier alpha value is -4.26. The maximum Gasteiger partial charge on any atom is 0.413 e. The average Bonchev–Trinajstić information content (AvgIpc) is 3.44. The van der Waals surface area contributed by atoms with Crippen molar-refractivity contribution in [3.8, 4) is 11.3 Å². The van der Waals surface area contributed by atoms with Crippen molar-refractivity contribution in [2.45, 2.75) is 64.5 Å². The van der Waals surface area contributed by atoms with Crippen molar-refractivity contribution in [3.63, 3.8) is 0 Å². The molecule has 2 fully saturated rings. The predicted molar refractivity (Wildman–Crippen MR) is 196 cm³/mol. The summed E-state index contributed by atoms with van der Waals surface area (Å²) in [5.41, 5.74) is 3.72. The number of amides is 2. The first-order valence-corrected chi connectivity index (χ1v) is 18.8. The maximum atomic E-state index is 13.8. The minimum absolute atomic E-state index is 0.0170. The number of hydrogen-bond donors (Lipinski definition) is 1. The summed E-state index contributed by atoms with van der Waals surface area (Å²) in [6, 6.07) is 21.3. The van der Waals surface area contributed by atoms with Crippen LogP contribution in [0, 0.1) is 5.92 Å². The van der Waals surface area contributed by atoms with Crippen molar-refractivity contribution in [1.82, 2.24) is 23.1 Å². The van der Waals surface area contributed by atoms with Gasteiger partial charge in [0, 0.05) is 51.2 Å². The third kappa shape index (κ3) is 7.72. The highest BCUT2D eigenvalue weighted by Crippen LogP contribution is 2.43. The second kappa shape index (κ2) is 14.5. The van der Waals surface area contributed by atoms with Crippen LogP contribution in [0.3, 0.4) is 0 Å². The largest absolute Gasteiger partial charge is 0.444 e. The van der Waals surface area contributed by atoms with Crippen molar-refractivity contribution < 1.29 is 22.7 Å². The van der Waals surface area contributed by atoms with Crippen LogP contribution in [-0.4, -0.2) is 89.4 Å². The number of nitrogens with zero attached hydrogens (tertiary/aromatic N) is 5. The fourth-order valence-electron chi connectivity index (χ4n) is 7.21. The van der Waals surface area contributed by atoms with Crippen LogP contribution >= 0.6 is 0 Å². The predicted octanol–water partition coefficient (Wildman–Crippen LogP) is 6.32. The van der Waals surface area contributed by atoms with Crippen LogP contribution in [0.1, 0.15) is 63.5 Å². The molecule has 50 heavy (non-hydrogen) atoms. The van der Waals surface area contributed by atoms with Crippen molar-refractivity contribution in [2.24, 2.45) is 5.92 Å². The van der Waals surface area contributed by atoms with E-state index in [1.807, 2.05) is 92.4 Å². The molecule has 2 aromatic heterocycles. The summed E-state index contributed by atoms with van der Waals surface area (Å²) in [6.07, 6.45) is 4.27. The molecule has 6 rings (SSSR count). The first-order chi connectivity index (χ1) is 23.8. The summed E-state index contributed by atoms with van der Waals surface area (Å²) in [4.78, 5) is 34.6.